The van der Waals surface area contributed by atoms with E-state index in [1.165, 1.54) is 7.11 Å². The van der Waals surface area contributed by atoms with Crippen LogP contribution in [0.3, 0.4) is 0 Å². The zero-order valence-electron chi connectivity index (χ0n) is 22.1. The molecule has 0 aromatic heterocycles. The maximum atomic E-state index is 13.8. The lowest BCUT2D eigenvalue weighted by Gasteiger charge is -2.37. The molecule has 0 saturated heterocycles. The number of aromatic hydroxyl groups is 1. The van der Waals surface area contributed by atoms with Crippen molar-refractivity contribution in [3.8, 4) is 23.0 Å². The fraction of sp³-hybridized carbons (Fsp3) is 0.379. The Morgan fingerprint density at radius 3 is 2.37 bits per heavy atom. The molecule has 1 aliphatic heterocycles. The number of benzene rings is 2. The van der Waals surface area contributed by atoms with Crippen molar-refractivity contribution in [3.63, 3.8) is 0 Å². The molecule has 4 rings (SSSR count). The number of rotatable bonds is 8. The van der Waals surface area contributed by atoms with Gasteiger partial charge in [0.2, 0.25) is 0 Å². The molecule has 202 valence electrons. The van der Waals surface area contributed by atoms with Crippen LogP contribution in [0.1, 0.15) is 56.1 Å². The third-order valence-corrected chi connectivity index (χ3v) is 7.57. The number of ketones is 1. The van der Waals surface area contributed by atoms with Crippen LogP contribution in [-0.4, -0.2) is 44.8 Å². The number of allylic oxidation sites excluding steroid dienone is 3. The second kappa shape index (κ2) is 11.5. The van der Waals surface area contributed by atoms with E-state index >= 15 is 0 Å². The van der Waals surface area contributed by atoms with Crippen LogP contribution in [0.5, 0.6) is 23.0 Å². The van der Waals surface area contributed by atoms with Crippen molar-refractivity contribution >= 4 is 27.7 Å². The normalized spacial score (nSPS) is 19.1. The third kappa shape index (κ3) is 5.12. The highest BCUT2D eigenvalue weighted by Gasteiger charge is 2.42. The minimum atomic E-state index is -0.680. The molecule has 0 amide bonds. The number of esters is 1. The average Bonchev–Trinajstić information content (AvgIpc) is 2.91. The molecule has 2 aromatic carbocycles. The number of phenols is 1. The van der Waals surface area contributed by atoms with Crippen LogP contribution in [0, 0.1) is 0 Å². The number of carbonyl (C=O) groups is 2. The van der Waals surface area contributed by atoms with Crippen molar-refractivity contribution in [2.24, 2.45) is 0 Å². The van der Waals surface area contributed by atoms with Gasteiger partial charge in [-0.15, -0.1) is 0 Å². The van der Waals surface area contributed by atoms with E-state index < -0.39 is 11.9 Å². The number of carbonyl (C=O) groups excluding carboxylic acids is 2. The molecule has 9 heteroatoms. The van der Waals surface area contributed by atoms with E-state index in [9.17, 15) is 14.7 Å². The monoisotopic (exact) mass is 585 g/mol. The van der Waals surface area contributed by atoms with Gasteiger partial charge in [0.1, 0.15) is 0 Å². The van der Waals surface area contributed by atoms with E-state index in [-0.39, 0.29) is 36.2 Å². The van der Waals surface area contributed by atoms with Gasteiger partial charge in [0.05, 0.1) is 38.0 Å². The first-order chi connectivity index (χ1) is 18.2. The average molecular weight is 586 g/mol. The Bertz CT molecular complexity index is 1330. The van der Waals surface area contributed by atoms with Gasteiger partial charge in [-0.3, -0.25) is 4.79 Å². The van der Waals surface area contributed by atoms with Crippen LogP contribution in [-0.2, 0) is 14.3 Å². The minimum absolute atomic E-state index is 0.0568. The van der Waals surface area contributed by atoms with Crippen LogP contribution in [0.25, 0.3) is 0 Å². The number of methoxy groups -OCH3 is 3. The predicted molar refractivity (Wildman–Crippen MR) is 146 cm³/mol. The maximum Gasteiger partial charge on any atom is 0.336 e. The Labute approximate surface area is 230 Å². The molecule has 2 aliphatic rings. The summed E-state index contributed by atoms with van der Waals surface area (Å²) in [5.41, 5.74) is 3.88. The molecule has 38 heavy (non-hydrogen) atoms. The maximum absolute atomic E-state index is 13.8. The summed E-state index contributed by atoms with van der Waals surface area (Å²) >= 11 is 3.39. The van der Waals surface area contributed by atoms with Crippen LogP contribution >= 0.6 is 15.9 Å². The standard InChI is InChI=1S/C29H32BrNO7/c1-6-9-38-29(34)25-15(2)31-20-11-17(16-7-8-22(35-3)23(13-16)36-4)12-21(32)27(20)26(25)18-10-19(30)28(33)24(14-18)37-5/h7-8,10,13-14,17,26,31,33H,6,9,11-12H2,1-5H3. The van der Waals surface area contributed by atoms with E-state index in [1.54, 1.807) is 26.4 Å². The van der Waals surface area contributed by atoms with Crippen molar-refractivity contribution in [1.82, 2.24) is 5.32 Å². The lowest BCUT2D eigenvalue weighted by atomic mass is 9.71. The molecule has 2 N–H and O–H groups in total. The zero-order valence-corrected chi connectivity index (χ0v) is 23.7. The molecule has 2 unspecified atom stereocenters. The van der Waals surface area contributed by atoms with Crippen molar-refractivity contribution in [3.05, 3.63) is 68.5 Å². The van der Waals surface area contributed by atoms with Gasteiger partial charge >= 0.3 is 5.97 Å². The molecule has 0 radical (unpaired) electrons. The van der Waals surface area contributed by atoms with Crippen molar-refractivity contribution < 1.29 is 33.6 Å². The summed E-state index contributed by atoms with van der Waals surface area (Å²) in [6, 6.07) is 9.07. The highest BCUT2D eigenvalue weighted by atomic mass is 79.9. The molecule has 1 heterocycles. The topological polar surface area (TPSA) is 103 Å². The van der Waals surface area contributed by atoms with Gasteiger partial charge in [-0.05, 0) is 77.0 Å². The van der Waals surface area contributed by atoms with E-state index in [0.717, 1.165) is 11.3 Å². The number of hydrogen-bond acceptors (Lipinski definition) is 8. The first kappa shape index (κ1) is 27.6. The van der Waals surface area contributed by atoms with Gasteiger partial charge in [0.25, 0.3) is 0 Å². The molecule has 0 spiro atoms. The second-order valence-electron chi connectivity index (χ2n) is 9.32. The summed E-state index contributed by atoms with van der Waals surface area (Å²) in [5, 5.41) is 13.8. The van der Waals surface area contributed by atoms with Gasteiger partial charge in [0.15, 0.2) is 28.8 Å². The summed E-state index contributed by atoms with van der Waals surface area (Å²) in [7, 11) is 4.62. The Hall–Kier alpha value is -3.46. The van der Waals surface area contributed by atoms with Gasteiger partial charge in [-0.1, -0.05) is 13.0 Å². The molecule has 1 aliphatic carbocycles. The summed E-state index contributed by atoms with van der Waals surface area (Å²) in [4.78, 5) is 27.1. The summed E-state index contributed by atoms with van der Waals surface area (Å²) in [6.07, 6.45) is 1.51. The Morgan fingerprint density at radius 2 is 1.71 bits per heavy atom. The van der Waals surface area contributed by atoms with Crippen molar-refractivity contribution in [1.29, 1.82) is 0 Å². The fourth-order valence-corrected chi connectivity index (χ4v) is 5.63. The van der Waals surface area contributed by atoms with Gasteiger partial charge < -0.3 is 29.4 Å². The Kier molecular flexibility index (Phi) is 8.35. The number of hydrogen-bond donors (Lipinski definition) is 2. The number of ether oxygens (including phenoxy) is 4. The number of Topliss-reactive ketones (excluding diaryl/α,β-unsaturated/α-hetero) is 1. The molecule has 8 nitrogen and oxygen atoms in total. The van der Waals surface area contributed by atoms with Gasteiger partial charge in [0, 0.05) is 29.3 Å². The lowest BCUT2D eigenvalue weighted by Crippen LogP contribution is -2.36. The van der Waals surface area contributed by atoms with Crippen molar-refractivity contribution in [2.45, 2.75) is 44.9 Å². The molecule has 0 fully saturated rings. The highest BCUT2D eigenvalue weighted by Crippen LogP contribution is 2.48. The summed E-state index contributed by atoms with van der Waals surface area (Å²) in [6.45, 7) is 4.01. The van der Waals surface area contributed by atoms with Gasteiger partial charge in [-0.25, -0.2) is 4.79 Å². The number of dihydropyridines is 1. The minimum Gasteiger partial charge on any atom is -0.503 e. The number of halogens is 1. The smallest absolute Gasteiger partial charge is 0.336 e. The molecule has 2 aromatic rings. The van der Waals surface area contributed by atoms with Crippen molar-refractivity contribution in [2.75, 3.05) is 27.9 Å². The van der Waals surface area contributed by atoms with E-state index in [0.29, 0.717) is 51.2 Å². The first-order valence-corrected chi connectivity index (χ1v) is 13.2. The Morgan fingerprint density at radius 1 is 1.03 bits per heavy atom. The summed E-state index contributed by atoms with van der Waals surface area (Å²) in [5.74, 6) is 0.0854. The quantitative estimate of drug-likeness (QED) is 0.392. The Balaban J connectivity index is 1.82. The fourth-order valence-electron chi connectivity index (χ4n) is 5.17. The largest absolute Gasteiger partial charge is 0.503 e. The zero-order chi connectivity index (χ0) is 27.6. The first-order valence-electron chi connectivity index (χ1n) is 12.4. The lowest BCUT2D eigenvalue weighted by molar-refractivity contribution is -0.139. The number of phenolic OH excluding ortho intramolecular Hbond substituents is 1. The van der Waals surface area contributed by atoms with Crippen LogP contribution in [0.2, 0.25) is 0 Å². The van der Waals surface area contributed by atoms with E-state index in [4.69, 9.17) is 18.9 Å². The van der Waals surface area contributed by atoms with Crippen LogP contribution in [0.4, 0.5) is 0 Å². The summed E-state index contributed by atoms with van der Waals surface area (Å²) < 4.78 is 22.1. The highest BCUT2D eigenvalue weighted by molar-refractivity contribution is 9.10. The molecule has 0 bridgehead atoms. The van der Waals surface area contributed by atoms with Gasteiger partial charge in [-0.2, -0.15) is 0 Å². The molecule has 2 atom stereocenters. The van der Waals surface area contributed by atoms with Crippen LogP contribution < -0.4 is 19.5 Å². The van der Waals surface area contributed by atoms with E-state index in [2.05, 4.69) is 21.2 Å². The SMILES string of the molecule is CCCOC(=O)C1=C(C)NC2=C(C(=O)CC(c3ccc(OC)c(OC)c3)C2)C1c1cc(Br)c(O)c(OC)c1. The predicted octanol–water partition coefficient (Wildman–Crippen LogP) is 5.50. The number of nitrogens with one attached hydrogen (secondary N) is 1. The second-order valence-corrected chi connectivity index (χ2v) is 10.2. The molecular weight excluding hydrogens is 554 g/mol. The van der Waals surface area contributed by atoms with Crippen LogP contribution in [0.15, 0.2) is 57.3 Å². The molecular formula is C29H32BrNO7. The third-order valence-electron chi connectivity index (χ3n) is 6.97. The molecule has 0 saturated carbocycles. The van der Waals surface area contributed by atoms with E-state index in [1.807, 2.05) is 32.0 Å².